The zero-order valence-corrected chi connectivity index (χ0v) is 15.7. The van der Waals surface area contributed by atoms with E-state index in [9.17, 15) is 9.18 Å². The van der Waals surface area contributed by atoms with Gasteiger partial charge in [-0.05, 0) is 42.0 Å². The lowest BCUT2D eigenvalue weighted by atomic mass is 10.2. The summed E-state index contributed by atoms with van der Waals surface area (Å²) in [6, 6.07) is 12.8. The Morgan fingerprint density at radius 3 is 2.78 bits per heavy atom. The first-order chi connectivity index (χ1) is 13.2. The van der Waals surface area contributed by atoms with Crippen LogP contribution in [0.2, 0.25) is 0 Å². The van der Waals surface area contributed by atoms with Gasteiger partial charge >= 0.3 is 0 Å². The highest BCUT2D eigenvalue weighted by atomic mass is 32.1. The molecule has 7 heteroatoms. The molecule has 4 rings (SSSR count). The summed E-state index contributed by atoms with van der Waals surface area (Å²) in [7, 11) is 0. The summed E-state index contributed by atoms with van der Waals surface area (Å²) in [6.07, 6.45) is 3.90. The average Bonchev–Trinajstić information content (AvgIpc) is 3.22. The number of nitrogens with zero attached hydrogens (tertiary/aromatic N) is 3. The lowest BCUT2D eigenvalue weighted by molar-refractivity contribution is -0.117. The summed E-state index contributed by atoms with van der Waals surface area (Å²) >= 11 is 1.67. The van der Waals surface area contributed by atoms with Crippen LogP contribution in [0.3, 0.4) is 0 Å². The minimum atomic E-state index is -0.242. The van der Waals surface area contributed by atoms with Gasteiger partial charge in [0.05, 0.1) is 19.3 Å². The van der Waals surface area contributed by atoms with Crippen molar-refractivity contribution in [2.75, 3.05) is 11.9 Å². The van der Waals surface area contributed by atoms with Crippen LogP contribution in [0.15, 0.2) is 54.0 Å². The number of rotatable bonds is 8. The van der Waals surface area contributed by atoms with Crippen molar-refractivity contribution >= 4 is 23.1 Å². The normalized spacial score (nSPS) is 13.9. The Labute approximate surface area is 161 Å². The largest absolute Gasteiger partial charge is 0.310 e. The number of hydrogen-bond donors (Lipinski definition) is 1. The predicted molar refractivity (Wildman–Crippen MR) is 104 cm³/mol. The third-order valence-electron chi connectivity index (χ3n) is 4.58. The molecule has 0 bridgehead atoms. The number of halogens is 1. The highest BCUT2D eigenvalue weighted by molar-refractivity contribution is 7.09. The second-order valence-electron chi connectivity index (χ2n) is 6.76. The van der Waals surface area contributed by atoms with Gasteiger partial charge in [0.15, 0.2) is 0 Å². The Balaban J connectivity index is 1.37. The van der Waals surface area contributed by atoms with Crippen molar-refractivity contribution < 1.29 is 9.18 Å². The molecule has 1 saturated carbocycles. The fraction of sp³-hybridized carbons (Fsp3) is 0.300. The Morgan fingerprint density at radius 1 is 1.26 bits per heavy atom. The molecule has 1 aliphatic rings. The van der Waals surface area contributed by atoms with Crippen LogP contribution < -0.4 is 5.32 Å². The molecule has 5 nitrogen and oxygen atoms in total. The van der Waals surface area contributed by atoms with Crippen LogP contribution in [0.25, 0.3) is 0 Å². The van der Waals surface area contributed by atoms with E-state index in [-0.39, 0.29) is 11.7 Å². The molecule has 0 spiro atoms. The number of nitrogens with one attached hydrogen (secondary N) is 1. The van der Waals surface area contributed by atoms with Crippen molar-refractivity contribution in [2.45, 2.75) is 32.0 Å². The van der Waals surface area contributed by atoms with Gasteiger partial charge in [-0.1, -0.05) is 18.2 Å². The molecule has 3 aromatic rings. The van der Waals surface area contributed by atoms with E-state index in [0.29, 0.717) is 31.5 Å². The highest BCUT2D eigenvalue weighted by Gasteiger charge is 2.30. The van der Waals surface area contributed by atoms with Crippen LogP contribution in [-0.4, -0.2) is 33.2 Å². The molecule has 0 saturated heterocycles. The monoisotopic (exact) mass is 384 g/mol. The first-order valence-corrected chi connectivity index (χ1v) is 9.88. The van der Waals surface area contributed by atoms with Gasteiger partial charge in [0, 0.05) is 23.5 Å². The van der Waals surface area contributed by atoms with Crippen molar-refractivity contribution in [3.05, 3.63) is 70.3 Å². The smallest absolute Gasteiger partial charge is 0.239 e. The molecule has 1 aromatic carbocycles. The van der Waals surface area contributed by atoms with Gasteiger partial charge in [-0.15, -0.1) is 11.3 Å². The molecular weight excluding hydrogens is 363 g/mol. The molecule has 140 valence electrons. The summed E-state index contributed by atoms with van der Waals surface area (Å²) in [5, 5.41) is 9.31. The van der Waals surface area contributed by atoms with Gasteiger partial charge in [-0.2, -0.15) is 5.10 Å². The average molecular weight is 384 g/mol. The maximum absolute atomic E-state index is 13.1. The lowest BCUT2D eigenvalue weighted by Gasteiger charge is -2.21. The van der Waals surface area contributed by atoms with Crippen LogP contribution in [0.4, 0.5) is 10.2 Å². The Bertz CT molecular complexity index is 887. The minimum absolute atomic E-state index is 0.0584. The van der Waals surface area contributed by atoms with E-state index in [1.807, 2.05) is 17.5 Å². The van der Waals surface area contributed by atoms with Crippen molar-refractivity contribution in [2.24, 2.45) is 0 Å². The number of carbonyl (C=O) groups excluding carboxylic acids is 1. The third-order valence-corrected chi connectivity index (χ3v) is 5.44. The molecule has 0 atom stereocenters. The van der Waals surface area contributed by atoms with Crippen molar-refractivity contribution in [3.8, 4) is 0 Å². The van der Waals surface area contributed by atoms with Crippen molar-refractivity contribution in [1.29, 1.82) is 0 Å². The zero-order chi connectivity index (χ0) is 18.6. The first-order valence-electron chi connectivity index (χ1n) is 9.00. The summed E-state index contributed by atoms with van der Waals surface area (Å²) in [4.78, 5) is 15.9. The number of benzene rings is 1. The second-order valence-corrected chi connectivity index (χ2v) is 7.80. The summed E-state index contributed by atoms with van der Waals surface area (Å²) < 4.78 is 14.9. The molecule has 2 aromatic heterocycles. The topological polar surface area (TPSA) is 50.2 Å². The molecule has 2 heterocycles. The quantitative estimate of drug-likeness (QED) is 0.644. The number of hydrogen-bond acceptors (Lipinski definition) is 4. The Morgan fingerprint density at radius 2 is 2.07 bits per heavy atom. The van der Waals surface area contributed by atoms with Gasteiger partial charge < -0.3 is 5.32 Å². The van der Waals surface area contributed by atoms with Crippen molar-refractivity contribution in [1.82, 2.24) is 14.7 Å². The zero-order valence-electron chi connectivity index (χ0n) is 14.8. The maximum Gasteiger partial charge on any atom is 0.239 e. The van der Waals surface area contributed by atoms with Gasteiger partial charge in [0.25, 0.3) is 0 Å². The summed E-state index contributed by atoms with van der Waals surface area (Å²) in [5.74, 6) is 0.399. The molecule has 0 radical (unpaired) electrons. The van der Waals surface area contributed by atoms with Gasteiger partial charge in [-0.3, -0.25) is 9.69 Å². The SMILES string of the molecule is O=C(CN(Cc1ccc(F)cc1)C1CC1)Nc1ccnn1Cc1cccs1. The lowest BCUT2D eigenvalue weighted by Crippen LogP contribution is -2.35. The Hall–Kier alpha value is -2.51. The molecule has 0 aliphatic heterocycles. The second kappa shape index (κ2) is 8.02. The van der Waals surface area contributed by atoms with Crippen molar-refractivity contribution in [3.63, 3.8) is 0 Å². The molecule has 1 amide bonds. The number of aromatic nitrogens is 2. The summed E-state index contributed by atoms with van der Waals surface area (Å²) in [5.41, 5.74) is 1.01. The molecule has 1 N–H and O–H groups in total. The highest BCUT2D eigenvalue weighted by Crippen LogP contribution is 2.28. The maximum atomic E-state index is 13.1. The third kappa shape index (κ3) is 4.81. The van der Waals surface area contributed by atoms with E-state index >= 15 is 0 Å². The molecule has 27 heavy (non-hydrogen) atoms. The van der Waals surface area contributed by atoms with Crippen LogP contribution in [0.1, 0.15) is 23.3 Å². The van der Waals surface area contributed by atoms with Gasteiger partial charge in [0.2, 0.25) is 5.91 Å². The molecular formula is C20H21FN4OS. The standard InChI is InChI=1S/C20H21FN4OS/c21-16-5-3-15(4-6-16)12-24(17-7-8-17)14-20(26)23-19-9-10-22-25(19)13-18-2-1-11-27-18/h1-6,9-11,17H,7-8,12-14H2,(H,23,26). The fourth-order valence-corrected chi connectivity index (χ4v) is 3.75. The fourth-order valence-electron chi connectivity index (χ4n) is 3.06. The molecule has 1 fully saturated rings. The van der Waals surface area contributed by atoms with E-state index in [4.69, 9.17) is 0 Å². The first kappa shape index (κ1) is 17.9. The molecule has 1 aliphatic carbocycles. The van der Waals surface area contributed by atoms with E-state index in [0.717, 1.165) is 18.4 Å². The van der Waals surface area contributed by atoms with Crippen LogP contribution >= 0.6 is 11.3 Å². The Kier molecular flexibility index (Phi) is 5.31. The van der Waals surface area contributed by atoms with E-state index < -0.39 is 0 Å². The molecule has 0 unspecified atom stereocenters. The van der Waals surface area contributed by atoms with E-state index in [1.54, 1.807) is 34.3 Å². The van der Waals surface area contributed by atoms with Crippen LogP contribution in [0.5, 0.6) is 0 Å². The minimum Gasteiger partial charge on any atom is -0.310 e. The van der Waals surface area contributed by atoms with E-state index in [1.165, 1.54) is 17.0 Å². The summed E-state index contributed by atoms with van der Waals surface area (Å²) in [6.45, 7) is 1.60. The van der Waals surface area contributed by atoms with Gasteiger partial charge in [-0.25, -0.2) is 9.07 Å². The predicted octanol–water partition coefficient (Wildman–Crippen LogP) is 3.74. The van der Waals surface area contributed by atoms with E-state index in [2.05, 4.69) is 21.4 Å². The van der Waals surface area contributed by atoms with Gasteiger partial charge in [0.1, 0.15) is 11.6 Å². The van der Waals surface area contributed by atoms with Crippen LogP contribution in [-0.2, 0) is 17.9 Å². The number of anilines is 1. The van der Waals surface area contributed by atoms with Crippen LogP contribution in [0, 0.1) is 5.82 Å². The number of amides is 1. The number of thiophene rings is 1. The number of carbonyl (C=O) groups is 1.